The second-order valence-corrected chi connectivity index (χ2v) is 5.58. The van der Waals surface area contributed by atoms with Gasteiger partial charge in [0.1, 0.15) is 17.8 Å². The summed E-state index contributed by atoms with van der Waals surface area (Å²) in [5.41, 5.74) is 7.27. The van der Waals surface area contributed by atoms with Crippen molar-refractivity contribution in [2.45, 2.75) is 13.8 Å². The van der Waals surface area contributed by atoms with Crippen LogP contribution in [0.3, 0.4) is 0 Å². The Bertz CT molecular complexity index is 915. The van der Waals surface area contributed by atoms with E-state index in [1.54, 1.807) is 22.9 Å². The predicted molar refractivity (Wildman–Crippen MR) is 92.2 cm³/mol. The third-order valence-electron chi connectivity index (χ3n) is 3.56. The van der Waals surface area contributed by atoms with Crippen LogP contribution in [0.4, 0.5) is 0 Å². The number of hydrogen-bond acceptors (Lipinski definition) is 4. The zero-order valence-corrected chi connectivity index (χ0v) is 13.9. The summed E-state index contributed by atoms with van der Waals surface area (Å²) in [6.07, 6.45) is 3.05. The third-order valence-corrected chi connectivity index (χ3v) is 3.56. The molecule has 0 radical (unpaired) electrons. The molecule has 0 aliphatic heterocycles. The largest absolute Gasteiger partial charge is 0.290 e. The van der Waals surface area contributed by atoms with Crippen molar-refractivity contribution in [3.8, 4) is 5.82 Å². The fourth-order valence-electron chi connectivity index (χ4n) is 2.19. The first-order valence-corrected chi connectivity index (χ1v) is 7.68. The number of amides is 2. The smallest absolute Gasteiger partial charge is 0.289 e. The lowest BCUT2D eigenvalue weighted by Crippen LogP contribution is -2.41. The van der Waals surface area contributed by atoms with Crippen LogP contribution in [0, 0.1) is 13.8 Å². The van der Waals surface area contributed by atoms with E-state index < -0.39 is 11.8 Å². The molecule has 0 bridgehead atoms. The highest BCUT2D eigenvalue weighted by molar-refractivity contribution is 5.98. The van der Waals surface area contributed by atoms with Gasteiger partial charge in [-0.25, -0.2) is 9.97 Å². The number of pyridine rings is 1. The molecule has 0 fully saturated rings. The maximum absolute atomic E-state index is 12.1. The molecular weight excluding hydrogens is 318 g/mol. The van der Waals surface area contributed by atoms with Crippen LogP contribution in [0.1, 0.15) is 32.1 Å². The van der Waals surface area contributed by atoms with Gasteiger partial charge in [0.2, 0.25) is 0 Å². The Morgan fingerprint density at radius 1 is 0.960 bits per heavy atom. The quantitative estimate of drug-likeness (QED) is 0.716. The van der Waals surface area contributed by atoms with E-state index in [2.05, 4.69) is 20.8 Å². The van der Waals surface area contributed by atoms with Gasteiger partial charge in [-0.05, 0) is 38.1 Å². The average molecular weight is 335 g/mol. The first-order valence-electron chi connectivity index (χ1n) is 7.68. The summed E-state index contributed by atoms with van der Waals surface area (Å²) >= 11 is 0. The number of hydrazine groups is 1. The lowest BCUT2D eigenvalue weighted by Gasteiger charge is -2.06. The molecule has 3 rings (SSSR count). The number of nitrogens with one attached hydrogen (secondary N) is 2. The Hall–Kier alpha value is -3.48. The summed E-state index contributed by atoms with van der Waals surface area (Å²) in [5.74, 6) is -0.241. The highest BCUT2D eigenvalue weighted by Gasteiger charge is 2.12. The lowest BCUT2D eigenvalue weighted by atomic mass is 10.1. The number of carbonyl (C=O) groups is 2. The van der Waals surface area contributed by atoms with Gasteiger partial charge in [0.05, 0.1) is 0 Å². The van der Waals surface area contributed by atoms with Crippen LogP contribution < -0.4 is 10.9 Å². The Balaban J connectivity index is 1.64. The number of hydrogen-bond donors (Lipinski definition) is 2. The molecule has 1 aromatic carbocycles. The van der Waals surface area contributed by atoms with Gasteiger partial charge in [0, 0.05) is 17.5 Å². The van der Waals surface area contributed by atoms with Gasteiger partial charge in [0.15, 0.2) is 0 Å². The fraction of sp³-hybridized carbons (Fsp3) is 0.111. The molecule has 2 aromatic heterocycles. The van der Waals surface area contributed by atoms with Crippen molar-refractivity contribution in [2.24, 2.45) is 0 Å². The van der Waals surface area contributed by atoms with Crippen LogP contribution >= 0.6 is 0 Å². The molecule has 2 N–H and O–H groups in total. The minimum absolute atomic E-state index is 0.174. The van der Waals surface area contributed by atoms with E-state index in [1.807, 2.05) is 44.2 Å². The van der Waals surface area contributed by atoms with Crippen LogP contribution in [-0.2, 0) is 0 Å². The number of aryl methyl sites for hydroxylation is 2. The van der Waals surface area contributed by atoms with Gasteiger partial charge in [-0.2, -0.15) is 0 Å². The van der Waals surface area contributed by atoms with Gasteiger partial charge in [-0.1, -0.05) is 23.8 Å². The van der Waals surface area contributed by atoms with Gasteiger partial charge in [-0.3, -0.25) is 25.0 Å². The predicted octanol–water partition coefficient (Wildman–Crippen LogP) is 1.96. The van der Waals surface area contributed by atoms with Crippen molar-refractivity contribution in [3.63, 3.8) is 0 Å². The number of carbonyl (C=O) groups excluding carboxylic acids is 2. The standard InChI is InChI=1S/C18H17N5O2/c1-12-6-8-14(9-7-12)17(24)21-22-18(25)15-10-23(11-19-15)16-5-3-4-13(2)20-16/h3-11H,1-2H3,(H,21,24)(H,22,25). The molecule has 2 amide bonds. The summed E-state index contributed by atoms with van der Waals surface area (Å²) < 4.78 is 1.64. The minimum Gasteiger partial charge on any atom is -0.290 e. The third kappa shape index (κ3) is 3.89. The molecule has 7 nitrogen and oxygen atoms in total. The summed E-state index contributed by atoms with van der Waals surface area (Å²) in [6, 6.07) is 12.6. The van der Waals surface area contributed by atoms with E-state index in [0.29, 0.717) is 11.4 Å². The Labute approximate surface area is 144 Å². The highest BCUT2D eigenvalue weighted by atomic mass is 16.2. The average Bonchev–Trinajstić information content (AvgIpc) is 3.10. The molecule has 0 spiro atoms. The number of imidazole rings is 1. The van der Waals surface area contributed by atoms with Gasteiger partial charge < -0.3 is 0 Å². The van der Waals surface area contributed by atoms with E-state index in [9.17, 15) is 9.59 Å². The van der Waals surface area contributed by atoms with E-state index >= 15 is 0 Å². The molecule has 0 saturated heterocycles. The van der Waals surface area contributed by atoms with Gasteiger partial charge >= 0.3 is 0 Å². The van der Waals surface area contributed by atoms with E-state index in [1.165, 1.54) is 6.33 Å². The van der Waals surface area contributed by atoms with Crippen molar-refractivity contribution in [3.05, 3.63) is 77.5 Å². The maximum Gasteiger partial charge on any atom is 0.289 e. The molecule has 126 valence electrons. The Morgan fingerprint density at radius 3 is 2.40 bits per heavy atom. The van der Waals surface area contributed by atoms with Crippen LogP contribution in [0.5, 0.6) is 0 Å². The van der Waals surface area contributed by atoms with E-state index in [0.717, 1.165) is 11.3 Å². The van der Waals surface area contributed by atoms with E-state index in [4.69, 9.17) is 0 Å². The summed E-state index contributed by atoms with van der Waals surface area (Å²) in [4.78, 5) is 32.5. The maximum atomic E-state index is 12.1. The molecule has 0 aliphatic carbocycles. The van der Waals surface area contributed by atoms with Crippen molar-refractivity contribution in [2.75, 3.05) is 0 Å². The van der Waals surface area contributed by atoms with Crippen LogP contribution in [0.2, 0.25) is 0 Å². The first-order chi connectivity index (χ1) is 12.0. The SMILES string of the molecule is Cc1ccc(C(=O)NNC(=O)c2cn(-c3cccc(C)n3)cn2)cc1. The van der Waals surface area contributed by atoms with Gasteiger partial charge in [-0.15, -0.1) is 0 Å². The molecular formula is C18H17N5O2. The second-order valence-electron chi connectivity index (χ2n) is 5.58. The zero-order chi connectivity index (χ0) is 17.8. The molecule has 0 saturated carbocycles. The zero-order valence-electron chi connectivity index (χ0n) is 13.9. The molecule has 7 heteroatoms. The molecule has 0 aliphatic rings. The monoisotopic (exact) mass is 335 g/mol. The molecule has 3 aromatic rings. The molecule has 25 heavy (non-hydrogen) atoms. The van der Waals surface area contributed by atoms with Crippen molar-refractivity contribution >= 4 is 11.8 Å². The minimum atomic E-state index is -0.508. The molecule has 0 atom stereocenters. The van der Waals surface area contributed by atoms with Crippen molar-refractivity contribution in [1.29, 1.82) is 0 Å². The fourth-order valence-corrected chi connectivity index (χ4v) is 2.19. The number of nitrogens with zero attached hydrogens (tertiary/aromatic N) is 3. The number of rotatable bonds is 3. The van der Waals surface area contributed by atoms with Crippen LogP contribution in [0.15, 0.2) is 55.0 Å². The molecule has 2 heterocycles. The first kappa shape index (κ1) is 16.4. The normalized spacial score (nSPS) is 10.3. The van der Waals surface area contributed by atoms with Crippen LogP contribution in [0.25, 0.3) is 5.82 Å². The number of aromatic nitrogens is 3. The van der Waals surface area contributed by atoms with Crippen molar-refractivity contribution in [1.82, 2.24) is 25.4 Å². The number of benzene rings is 1. The highest BCUT2D eigenvalue weighted by Crippen LogP contribution is 2.07. The second kappa shape index (κ2) is 6.96. The van der Waals surface area contributed by atoms with Crippen molar-refractivity contribution < 1.29 is 9.59 Å². The molecule has 0 unspecified atom stereocenters. The van der Waals surface area contributed by atoms with Gasteiger partial charge in [0.25, 0.3) is 11.8 Å². The summed E-state index contributed by atoms with van der Waals surface area (Å²) in [7, 11) is 0. The Morgan fingerprint density at radius 2 is 1.68 bits per heavy atom. The Kier molecular flexibility index (Phi) is 4.56. The lowest BCUT2D eigenvalue weighted by molar-refractivity contribution is 0.0844. The summed E-state index contributed by atoms with van der Waals surface area (Å²) in [5, 5.41) is 0. The topological polar surface area (TPSA) is 88.9 Å². The van der Waals surface area contributed by atoms with E-state index in [-0.39, 0.29) is 5.69 Å². The van der Waals surface area contributed by atoms with Crippen LogP contribution in [-0.4, -0.2) is 26.3 Å². The summed E-state index contributed by atoms with van der Waals surface area (Å²) in [6.45, 7) is 3.82.